The van der Waals surface area contributed by atoms with Crippen molar-refractivity contribution in [2.45, 2.75) is 52.2 Å². The second-order valence-corrected chi connectivity index (χ2v) is 6.47. The highest BCUT2D eigenvalue weighted by Crippen LogP contribution is 2.17. The molecule has 1 aliphatic rings. The van der Waals surface area contributed by atoms with Gasteiger partial charge in [0.1, 0.15) is 5.82 Å². The molecule has 1 fully saturated rings. The van der Waals surface area contributed by atoms with Gasteiger partial charge in [0.2, 0.25) is 5.91 Å². The third-order valence-electron chi connectivity index (χ3n) is 4.00. The fraction of sp³-hybridized carbons (Fsp3) is 0.611. The lowest BCUT2D eigenvalue weighted by molar-refractivity contribution is -0.133. The molecule has 0 saturated carbocycles. The van der Waals surface area contributed by atoms with Crippen LogP contribution in [0.2, 0.25) is 0 Å². The van der Waals surface area contributed by atoms with Gasteiger partial charge in [-0.05, 0) is 42.9 Å². The zero-order valence-electron chi connectivity index (χ0n) is 13.6. The number of hydrogen-bond acceptors (Lipinski definition) is 2. The molecular weight excluding hydrogens is 281 g/mol. The first-order valence-corrected chi connectivity index (χ1v) is 8.18. The molecule has 1 aromatic rings. The molecule has 1 heterocycles. The Morgan fingerprint density at radius 3 is 2.91 bits per heavy atom. The minimum Gasteiger partial charge on any atom is -0.376 e. The van der Waals surface area contributed by atoms with Gasteiger partial charge in [0.05, 0.1) is 6.10 Å². The second-order valence-electron chi connectivity index (χ2n) is 6.47. The van der Waals surface area contributed by atoms with Gasteiger partial charge in [-0.15, -0.1) is 0 Å². The van der Waals surface area contributed by atoms with Crippen molar-refractivity contribution in [3.63, 3.8) is 0 Å². The maximum Gasteiger partial charge on any atom is 0.222 e. The van der Waals surface area contributed by atoms with Crippen LogP contribution in [-0.4, -0.2) is 30.1 Å². The van der Waals surface area contributed by atoms with Crippen LogP contribution in [0.1, 0.15) is 45.1 Å². The molecule has 0 bridgehead atoms. The lowest BCUT2D eigenvalue weighted by Gasteiger charge is -2.26. The normalized spacial score (nSPS) is 17.9. The van der Waals surface area contributed by atoms with E-state index < -0.39 is 0 Å². The topological polar surface area (TPSA) is 29.5 Å². The van der Waals surface area contributed by atoms with Crippen LogP contribution in [0.4, 0.5) is 4.39 Å². The number of nitrogens with zero attached hydrogens (tertiary/aromatic N) is 1. The molecule has 0 aliphatic carbocycles. The number of halogens is 1. The van der Waals surface area contributed by atoms with E-state index >= 15 is 0 Å². The van der Waals surface area contributed by atoms with Gasteiger partial charge in [-0.25, -0.2) is 4.39 Å². The van der Waals surface area contributed by atoms with E-state index in [0.717, 1.165) is 31.4 Å². The minimum atomic E-state index is -0.260. The average molecular weight is 307 g/mol. The lowest BCUT2D eigenvalue weighted by atomic mass is 10.1. The number of hydrogen-bond donors (Lipinski definition) is 0. The summed E-state index contributed by atoms with van der Waals surface area (Å²) in [5.74, 6) is 0.375. The van der Waals surface area contributed by atoms with Gasteiger partial charge in [-0.3, -0.25) is 4.79 Å². The van der Waals surface area contributed by atoms with Crippen molar-refractivity contribution in [1.82, 2.24) is 4.90 Å². The standard InChI is InChI=1S/C18H26FNO2/c1-14(2)8-9-18(21)20(13-17-7-4-10-22-17)12-15-5-3-6-16(19)11-15/h3,5-6,11,14,17H,4,7-10,12-13H2,1-2H3. The molecule has 0 radical (unpaired) electrons. The van der Waals surface area contributed by atoms with E-state index in [1.54, 1.807) is 6.07 Å². The summed E-state index contributed by atoms with van der Waals surface area (Å²) in [6, 6.07) is 6.47. The van der Waals surface area contributed by atoms with Crippen molar-refractivity contribution >= 4 is 5.91 Å². The van der Waals surface area contributed by atoms with Crippen molar-refractivity contribution in [3.05, 3.63) is 35.6 Å². The summed E-state index contributed by atoms with van der Waals surface area (Å²) in [6.07, 6.45) is 3.59. The Hall–Kier alpha value is -1.42. The highest BCUT2D eigenvalue weighted by atomic mass is 19.1. The van der Waals surface area contributed by atoms with Crippen LogP contribution in [0.5, 0.6) is 0 Å². The number of amides is 1. The van der Waals surface area contributed by atoms with Gasteiger partial charge in [-0.2, -0.15) is 0 Å². The fourth-order valence-corrected chi connectivity index (χ4v) is 2.71. The highest BCUT2D eigenvalue weighted by molar-refractivity contribution is 5.76. The maximum atomic E-state index is 13.3. The lowest BCUT2D eigenvalue weighted by Crippen LogP contribution is -2.37. The van der Waals surface area contributed by atoms with Crippen LogP contribution in [0.25, 0.3) is 0 Å². The Morgan fingerprint density at radius 1 is 1.45 bits per heavy atom. The summed E-state index contributed by atoms with van der Waals surface area (Å²) in [4.78, 5) is 14.3. The summed E-state index contributed by atoms with van der Waals surface area (Å²) < 4.78 is 19.0. The first-order chi connectivity index (χ1) is 10.5. The molecule has 1 aliphatic heterocycles. The SMILES string of the molecule is CC(C)CCC(=O)N(Cc1cccc(F)c1)CC1CCCO1. The predicted octanol–water partition coefficient (Wildman–Crippen LogP) is 3.77. The third kappa shape index (κ3) is 5.41. The number of rotatable bonds is 7. The Kier molecular flexibility index (Phi) is 6.37. The summed E-state index contributed by atoms with van der Waals surface area (Å²) in [6.45, 7) is 6.06. The van der Waals surface area contributed by atoms with Gasteiger partial charge < -0.3 is 9.64 Å². The van der Waals surface area contributed by atoms with Crippen molar-refractivity contribution in [1.29, 1.82) is 0 Å². The van der Waals surface area contributed by atoms with Crippen molar-refractivity contribution in [2.75, 3.05) is 13.2 Å². The largest absolute Gasteiger partial charge is 0.376 e. The molecule has 122 valence electrons. The predicted molar refractivity (Wildman–Crippen MR) is 84.9 cm³/mol. The molecule has 0 N–H and O–H groups in total. The van der Waals surface area contributed by atoms with E-state index in [0.29, 0.717) is 25.4 Å². The van der Waals surface area contributed by atoms with Crippen LogP contribution in [0.3, 0.4) is 0 Å². The molecule has 1 saturated heterocycles. The maximum absolute atomic E-state index is 13.3. The molecular formula is C18H26FNO2. The molecule has 22 heavy (non-hydrogen) atoms. The number of ether oxygens (including phenoxy) is 1. The van der Waals surface area contributed by atoms with E-state index in [-0.39, 0.29) is 17.8 Å². The highest BCUT2D eigenvalue weighted by Gasteiger charge is 2.22. The van der Waals surface area contributed by atoms with Gasteiger partial charge in [0.15, 0.2) is 0 Å². The van der Waals surface area contributed by atoms with Crippen LogP contribution in [0, 0.1) is 11.7 Å². The molecule has 3 nitrogen and oxygen atoms in total. The van der Waals surface area contributed by atoms with E-state index in [4.69, 9.17) is 4.74 Å². The molecule has 1 atom stereocenters. The zero-order chi connectivity index (χ0) is 15.9. The van der Waals surface area contributed by atoms with Crippen molar-refractivity contribution in [2.24, 2.45) is 5.92 Å². The molecule has 1 amide bonds. The van der Waals surface area contributed by atoms with Gasteiger partial charge in [0.25, 0.3) is 0 Å². The Labute approximate surface area is 132 Å². The number of carbonyl (C=O) groups excluding carboxylic acids is 1. The first kappa shape index (κ1) is 16.9. The zero-order valence-corrected chi connectivity index (χ0v) is 13.6. The van der Waals surface area contributed by atoms with Crippen LogP contribution in [0.15, 0.2) is 24.3 Å². The van der Waals surface area contributed by atoms with Gasteiger partial charge in [-0.1, -0.05) is 26.0 Å². The second kappa shape index (κ2) is 8.28. The smallest absolute Gasteiger partial charge is 0.222 e. The monoisotopic (exact) mass is 307 g/mol. The molecule has 0 spiro atoms. The van der Waals surface area contributed by atoms with Crippen LogP contribution < -0.4 is 0 Å². The quantitative estimate of drug-likeness (QED) is 0.767. The van der Waals surface area contributed by atoms with Crippen molar-refractivity contribution in [3.8, 4) is 0 Å². The number of benzene rings is 1. The fourth-order valence-electron chi connectivity index (χ4n) is 2.71. The van der Waals surface area contributed by atoms with E-state index in [1.165, 1.54) is 12.1 Å². The third-order valence-corrected chi connectivity index (χ3v) is 4.00. The number of carbonyl (C=O) groups is 1. The first-order valence-electron chi connectivity index (χ1n) is 8.18. The van der Waals surface area contributed by atoms with Gasteiger partial charge in [0, 0.05) is 26.1 Å². The summed E-state index contributed by atoms with van der Waals surface area (Å²) >= 11 is 0. The Bertz CT molecular complexity index is 484. The Balaban J connectivity index is 2.01. The average Bonchev–Trinajstić information content (AvgIpc) is 2.97. The summed E-state index contributed by atoms with van der Waals surface area (Å²) in [5, 5.41) is 0. The molecule has 1 unspecified atom stereocenters. The van der Waals surface area contributed by atoms with Crippen molar-refractivity contribution < 1.29 is 13.9 Å². The van der Waals surface area contributed by atoms with E-state index in [9.17, 15) is 9.18 Å². The summed E-state index contributed by atoms with van der Waals surface area (Å²) in [7, 11) is 0. The molecule has 0 aromatic heterocycles. The van der Waals surface area contributed by atoms with E-state index in [1.807, 2.05) is 11.0 Å². The van der Waals surface area contributed by atoms with Crippen LogP contribution in [-0.2, 0) is 16.1 Å². The molecule has 2 rings (SSSR count). The Morgan fingerprint density at radius 2 is 2.27 bits per heavy atom. The van der Waals surface area contributed by atoms with E-state index in [2.05, 4.69) is 13.8 Å². The minimum absolute atomic E-state index is 0.122. The van der Waals surface area contributed by atoms with Gasteiger partial charge >= 0.3 is 0 Å². The summed E-state index contributed by atoms with van der Waals surface area (Å²) in [5.41, 5.74) is 0.830. The van der Waals surface area contributed by atoms with Crippen LogP contribution >= 0.6 is 0 Å². The molecule has 4 heteroatoms. The molecule has 1 aromatic carbocycles.